The highest BCUT2D eigenvalue weighted by Crippen LogP contribution is 2.20. The summed E-state index contributed by atoms with van der Waals surface area (Å²) in [4.78, 5) is 0. The molecule has 3 atom stereocenters. The van der Waals surface area contributed by atoms with Crippen LogP contribution in [0.15, 0.2) is 0 Å². The number of unbranched alkanes of at least 4 members (excludes halogenated alkanes) is 2. The smallest absolute Gasteiger partial charge is 0.0591 e. The first kappa shape index (κ1) is 13.9. The van der Waals surface area contributed by atoms with Crippen LogP contribution in [-0.4, -0.2) is 22.9 Å². The van der Waals surface area contributed by atoms with Crippen molar-refractivity contribution in [2.45, 2.75) is 59.0 Å². The Morgan fingerprint density at radius 3 is 2.14 bits per heavy atom. The third-order valence-corrected chi connectivity index (χ3v) is 3.13. The molecule has 0 aliphatic rings. The maximum atomic E-state index is 9.89. The fourth-order valence-electron chi connectivity index (χ4n) is 1.73. The lowest BCUT2D eigenvalue weighted by molar-refractivity contribution is 0.0583. The minimum Gasteiger partial charge on any atom is -0.396 e. The lowest BCUT2D eigenvalue weighted by atomic mass is 9.88. The predicted molar refractivity (Wildman–Crippen MR) is 60.2 cm³/mol. The Labute approximate surface area is 88.3 Å². The van der Waals surface area contributed by atoms with Gasteiger partial charge in [0, 0.05) is 6.61 Å². The Morgan fingerprint density at radius 2 is 1.64 bits per heavy atom. The van der Waals surface area contributed by atoms with Crippen molar-refractivity contribution in [1.82, 2.24) is 0 Å². The van der Waals surface area contributed by atoms with Crippen LogP contribution in [0, 0.1) is 11.8 Å². The summed E-state index contributed by atoms with van der Waals surface area (Å²) < 4.78 is 0. The second kappa shape index (κ2) is 8.25. The van der Waals surface area contributed by atoms with Gasteiger partial charge < -0.3 is 10.2 Å². The van der Waals surface area contributed by atoms with Crippen LogP contribution in [0.3, 0.4) is 0 Å². The third kappa shape index (κ3) is 5.61. The maximum absolute atomic E-state index is 9.89. The van der Waals surface area contributed by atoms with Crippen LogP contribution in [0.2, 0.25) is 0 Å². The quantitative estimate of drug-likeness (QED) is 0.594. The first-order chi connectivity index (χ1) is 6.63. The molecule has 0 fully saturated rings. The minimum atomic E-state index is -0.158. The van der Waals surface area contributed by atoms with Crippen molar-refractivity contribution in [3.8, 4) is 0 Å². The van der Waals surface area contributed by atoms with Crippen molar-refractivity contribution >= 4 is 0 Å². The lowest BCUT2D eigenvalue weighted by Gasteiger charge is -2.23. The summed E-state index contributed by atoms with van der Waals surface area (Å²) in [6.45, 7) is 6.64. The van der Waals surface area contributed by atoms with Crippen molar-refractivity contribution in [1.29, 1.82) is 0 Å². The molecule has 14 heavy (non-hydrogen) atoms. The van der Waals surface area contributed by atoms with Gasteiger partial charge in [-0.3, -0.25) is 0 Å². The topological polar surface area (TPSA) is 40.5 Å². The molecule has 0 aromatic carbocycles. The summed E-state index contributed by atoms with van der Waals surface area (Å²) in [5.41, 5.74) is 0. The molecule has 2 nitrogen and oxygen atoms in total. The van der Waals surface area contributed by atoms with Gasteiger partial charge in [-0.05, 0) is 24.7 Å². The highest BCUT2D eigenvalue weighted by Gasteiger charge is 2.18. The van der Waals surface area contributed by atoms with Gasteiger partial charge in [-0.25, -0.2) is 0 Å². The molecule has 0 spiro atoms. The summed E-state index contributed by atoms with van der Waals surface area (Å²) in [5.74, 6) is 0.798. The van der Waals surface area contributed by atoms with Crippen molar-refractivity contribution in [3.63, 3.8) is 0 Å². The number of rotatable bonds is 8. The van der Waals surface area contributed by atoms with Gasteiger partial charge in [0.1, 0.15) is 0 Å². The first-order valence-electron chi connectivity index (χ1n) is 5.92. The Bertz CT molecular complexity index is 125. The van der Waals surface area contributed by atoms with Crippen LogP contribution >= 0.6 is 0 Å². The van der Waals surface area contributed by atoms with Crippen molar-refractivity contribution in [2.24, 2.45) is 11.8 Å². The van der Waals surface area contributed by atoms with Crippen LogP contribution in [0.5, 0.6) is 0 Å². The predicted octanol–water partition coefficient (Wildman–Crippen LogP) is 2.58. The van der Waals surface area contributed by atoms with E-state index in [2.05, 4.69) is 20.8 Å². The van der Waals surface area contributed by atoms with Crippen LogP contribution in [0.4, 0.5) is 0 Å². The summed E-state index contributed by atoms with van der Waals surface area (Å²) in [6, 6.07) is 0. The van der Waals surface area contributed by atoms with Crippen molar-refractivity contribution in [3.05, 3.63) is 0 Å². The van der Waals surface area contributed by atoms with Crippen molar-refractivity contribution in [2.75, 3.05) is 6.61 Å². The zero-order chi connectivity index (χ0) is 11.0. The van der Waals surface area contributed by atoms with Gasteiger partial charge in [0.25, 0.3) is 0 Å². The maximum Gasteiger partial charge on any atom is 0.0591 e. The molecule has 0 amide bonds. The van der Waals surface area contributed by atoms with Gasteiger partial charge in [-0.15, -0.1) is 0 Å². The van der Waals surface area contributed by atoms with E-state index in [1.54, 1.807) is 0 Å². The van der Waals surface area contributed by atoms with E-state index in [9.17, 15) is 5.11 Å². The number of aliphatic hydroxyl groups excluding tert-OH is 2. The second-order valence-corrected chi connectivity index (χ2v) is 4.43. The lowest BCUT2D eigenvalue weighted by Crippen LogP contribution is -2.25. The van der Waals surface area contributed by atoms with Gasteiger partial charge in [-0.1, -0.05) is 40.0 Å². The monoisotopic (exact) mass is 202 g/mol. The molecule has 0 unspecified atom stereocenters. The van der Waals surface area contributed by atoms with E-state index in [1.807, 2.05) is 0 Å². The van der Waals surface area contributed by atoms with Gasteiger partial charge in [0.05, 0.1) is 6.10 Å². The largest absolute Gasteiger partial charge is 0.396 e. The summed E-state index contributed by atoms with van der Waals surface area (Å²) in [6.07, 6.45) is 5.05. The molecular formula is C12H26O2. The van der Waals surface area contributed by atoms with E-state index in [-0.39, 0.29) is 6.10 Å². The molecule has 0 aromatic heterocycles. The third-order valence-electron chi connectivity index (χ3n) is 3.13. The Kier molecular flexibility index (Phi) is 8.20. The van der Waals surface area contributed by atoms with Gasteiger partial charge >= 0.3 is 0 Å². The molecule has 2 heteroatoms. The average molecular weight is 202 g/mol. The number of hydrogen-bond acceptors (Lipinski definition) is 2. The molecule has 0 aliphatic carbocycles. The van der Waals surface area contributed by atoms with Crippen LogP contribution in [0.25, 0.3) is 0 Å². The SMILES string of the molecule is CC[C@@H](C)[C@@H](O)[C@H](C)CCCCCO. The Hall–Kier alpha value is -0.0800. The highest BCUT2D eigenvalue weighted by molar-refractivity contribution is 4.69. The van der Waals surface area contributed by atoms with E-state index < -0.39 is 0 Å². The molecule has 0 bridgehead atoms. The zero-order valence-electron chi connectivity index (χ0n) is 9.87. The van der Waals surface area contributed by atoms with E-state index >= 15 is 0 Å². The van der Waals surface area contributed by atoms with Gasteiger partial charge in [-0.2, -0.15) is 0 Å². The molecule has 0 radical (unpaired) electrons. The van der Waals surface area contributed by atoms with Gasteiger partial charge in [0.15, 0.2) is 0 Å². The standard InChI is InChI=1S/C12H26O2/c1-4-10(2)12(14)11(3)8-6-5-7-9-13/h10-14H,4-9H2,1-3H3/t10-,11-,12-/m1/s1. The highest BCUT2D eigenvalue weighted by atomic mass is 16.3. The average Bonchev–Trinajstić information content (AvgIpc) is 2.21. The summed E-state index contributed by atoms with van der Waals surface area (Å²) in [5, 5.41) is 18.5. The van der Waals surface area contributed by atoms with Gasteiger partial charge in [0.2, 0.25) is 0 Å². The summed E-state index contributed by atoms with van der Waals surface area (Å²) in [7, 11) is 0. The molecule has 0 aliphatic heterocycles. The molecule has 0 saturated carbocycles. The normalized spacial score (nSPS) is 17.8. The number of aliphatic hydroxyl groups is 2. The van der Waals surface area contributed by atoms with E-state index in [0.29, 0.717) is 18.4 Å². The molecular weight excluding hydrogens is 176 g/mol. The Balaban J connectivity index is 3.56. The van der Waals surface area contributed by atoms with E-state index in [0.717, 1.165) is 32.1 Å². The van der Waals surface area contributed by atoms with Crippen LogP contribution < -0.4 is 0 Å². The molecule has 0 aromatic rings. The first-order valence-corrected chi connectivity index (χ1v) is 5.92. The minimum absolute atomic E-state index is 0.158. The summed E-state index contributed by atoms with van der Waals surface area (Å²) >= 11 is 0. The van der Waals surface area contributed by atoms with Crippen LogP contribution in [-0.2, 0) is 0 Å². The fourth-order valence-corrected chi connectivity index (χ4v) is 1.73. The van der Waals surface area contributed by atoms with E-state index in [4.69, 9.17) is 5.11 Å². The Morgan fingerprint density at radius 1 is 1.00 bits per heavy atom. The molecule has 2 N–H and O–H groups in total. The van der Waals surface area contributed by atoms with E-state index in [1.165, 1.54) is 0 Å². The molecule has 0 rings (SSSR count). The molecule has 0 heterocycles. The molecule has 0 saturated heterocycles. The number of hydrogen-bond donors (Lipinski definition) is 2. The van der Waals surface area contributed by atoms with Crippen molar-refractivity contribution < 1.29 is 10.2 Å². The molecule has 86 valence electrons. The second-order valence-electron chi connectivity index (χ2n) is 4.43. The van der Waals surface area contributed by atoms with Crippen LogP contribution in [0.1, 0.15) is 52.9 Å². The zero-order valence-corrected chi connectivity index (χ0v) is 9.87. The fraction of sp³-hybridized carbons (Fsp3) is 1.00.